The zero-order chi connectivity index (χ0) is 40.0. The maximum absolute atomic E-state index is 10.1. The second-order valence-corrected chi connectivity index (χ2v) is 15.2. The Kier molecular flexibility index (Phi) is 8.79. The van der Waals surface area contributed by atoms with Crippen molar-refractivity contribution >= 4 is 75.4 Å². The zero-order valence-corrected chi connectivity index (χ0v) is 32.3. The molecule has 0 bridgehead atoms. The number of benzene rings is 8. The van der Waals surface area contributed by atoms with Crippen LogP contribution >= 0.6 is 0 Å². The number of anilines is 3. The summed E-state index contributed by atoms with van der Waals surface area (Å²) in [5.41, 5.74) is 20.0. The number of hydrogen-bond acceptors (Lipinski definition) is 3. The first kappa shape index (κ1) is 35.6. The van der Waals surface area contributed by atoms with Gasteiger partial charge in [-0.25, -0.2) is 0 Å². The van der Waals surface area contributed by atoms with Gasteiger partial charge in [0, 0.05) is 17.1 Å². The number of nitrogens with zero attached hydrogens (tertiary/aromatic N) is 3. The normalized spacial score (nSPS) is 12.1. The third-order valence-corrected chi connectivity index (χ3v) is 12.0. The van der Waals surface area contributed by atoms with Gasteiger partial charge in [-0.05, 0) is 90.6 Å². The average molecular weight is 748 g/mol. The maximum Gasteiger partial charge on any atom is 0.246 e. The summed E-state index contributed by atoms with van der Waals surface area (Å²) in [6.07, 6.45) is 3.75. The number of nitriles is 2. The first-order chi connectivity index (χ1) is 29.1. The highest BCUT2D eigenvalue weighted by Gasteiger charge is 2.44. The molecule has 0 saturated heterocycles. The Morgan fingerprint density at radius 1 is 0.407 bits per heavy atom. The van der Waals surface area contributed by atoms with Gasteiger partial charge < -0.3 is 4.90 Å². The fourth-order valence-corrected chi connectivity index (χ4v) is 9.14. The second-order valence-electron chi connectivity index (χ2n) is 15.2. The Morgan fingerprint density at radius 2 is 0.814 bits per heavy atom. The van der Waals surface area contributed by atoms with Crippen LogP contribution in [0.15, 0.2) is 189 Å². The molecule has 0 unspecified atom stereocenters. The lowest BCUT2D eigenvalue weighted by molar-refractivity contribution is 1.30. The van der Waals surface area contributed by atoms with Crippen molar-refractivity contribution in [2.24, 2.45) is 0 Å². The van der Waals surface area contributed by atoms with Gasteiger partial charge in [-0.2, -0.15) is 10.5 Å². The Balaban J connectivity index is 1.30. The second kappa shape index (κ2) is 14.6. The minimum atomic E-state index is -0.0991. The molecule has 0 aliphatic carbocycles. The minimum Gasteiger partial charge on any atom is -0.313 e. The van der Waals surface area contributed by atoms with Crippen LogP contribution in [0.5, 0.6) is 0 Å². The Bertz CT molecular complexity index is 2880. The van der Waals surface area contributed by atoms with Gasteiger partial charge in [0.25, 0.3) is 0 Å². The molecule has 2 heterocycles. The lowest BCUT2D eigenvalue weighted by Gasteiger charge is -2.44. The van der Waals surface area contributed by atoms with Crippen molar-refractivity contribution < 1.29 is 0 Å². The highest BCUT2D eigenvalue weighted by atomic mass is 15.2. The molecule has 2 aliphatic heterocycles. The fourth-order valence-electron chi connectivity index (χ4n) is 9.14. The Labute approximate surface area is 346 Å². The summed E-state index contributed by atoms with van der Waals surface area (Å²) in [5, 5.41) is 20.0. The van der Waals surface area contributed by atoms with Crippen LogP contribution in [0.3, 0.4) is 0 Å². The molecule has 0 aromatic heterocycles. The molecule has 2 aliphatic rings. The van der Waals surface area contributed by atoms with E-state index < -0.39 is 0 Å². The van der Waals surface area contributed by atoms with E-state index in [2.05, 4.69) is 188 Å². The molecule has 0 radical (unpaired) electrons. The monoisotopic (exact) mass is 747 g/mol. The van der Waals surface area contributed by atoms with E-state index in [1.165, 1.54) is 38.5 Å². The molecule has 0 spiro atoms. The molecule has 272 valence electrons. The predicted octanol–water partition coefficient (Wildman–Crippen LogP) is 8.85. The maximum atomic E-state index is 10.1. The SMILES string of the molecule is C=Cc1ccc(-c2ccc3c(c2)B(c2ccccc2)c2cc(-c4ccc(C#N)c(C#N)c4)cc4c2N3c2ccc(-c3ccc(C=C)cc3)cc2B4c2ccccc2)cc1. The molecule has 8 aromatic carbocycles. The van der Waals surface area contributed by atoms with Crippen LogP contribution in [-0.4, -0.2) is 13.4 Å². The van der Waals surface area contributed by atoms with Crippen molar-refractivity contribution in [3.8, 4) is 45.5 Å². The number of hydrogen-bond donors (Lipinski definition) is 0. The van der Waals surface area contributed by atoms with E-state index in [9.17, 15) is 10.5 Å². The van der Waals surface area contributed by atoms with Crippen LogP contribution < -0.4 is 37.7 Å². The molecule has 10 rings (SSSR count). The highest BCUT2D eigenvalue weighted by Crippen LogP contribution is 2.40. The van der Waals surface area contributed by atoms with Crippen molar-refractivity contribution in [1.29, 1.82) is 10.5 Å². The molecule has 0 amide bonds. The summed E-state index contributed by atoms with van der Waals surface area (Å²) in [4.78, 5) is 2.49. The van der Waals surface area contributed by atoms with Gasteiger partial charge in [0.05, 0.1) is 11.1 Å². The van der Waals surface area contributed by atoms with E-state index in [4.69, 9.17) is 0 Å². The van der Waals surface area contributed by atoms with Crippen LogP contribution in [0, 0.1) is 22.7 Å². The van der Waals surface area contributed by atoms with Crippen LogP contribution in [0.4, 0.5) is 17.1 Å². The molecular weight excluding hydrogens is 712 g/mol. The summed E-state index contributed by atoms with van der Waals surface area (Å²) >= 11 is 0. The van der Waals surface area contributed by atoms with E-state index in [0.717, 1.165) is 55.9 Å². The summed E-state index contributed by atoms with van der Waals surface area (Å²) in [6, 6.07) is 67.3. The van der Waals surface area contributed by atoms with Crippen molar-refractivity contribution in [3.05, 3.63) is 211 Å². The van der Waals surface area contributed by atoms with Crippen LogP contribution in [0.1, 0.15) is 22.3 Å². The number of rotatable bonds is 7. The van der Waals surface area contributed by atoms with Gasteiger partial charge in [0.15, 0.2) is 0 Å². The molecule has 0 saturated carbocycles. The summed E-state index contributed by atoms with van der Waals surface area (Å²) in [7, 11) is 0. The predicted molar refractivity (Wildman–Crippen MR) is 249 cm³/mol. The van der Waals surface area contributed by atoms with E-state index >= 15 is 0 Å². The molecule has 0 atom stereocenters. The molecule has 0 N–H and O–H groups in total. The van der Waals surface area contributed by atoms with E-state index in [1.807, 2.05) is 24.3 Å². The smallest absolute Gasteiger partial charge is 0.246 e. The van der Waals surface area contributed by atoms with Crippen molar-refractivity contribution in [3.63, 3.8) is 0 Å². The minimum absolute atomic E-state index is 0.0991. The third kappa shape index (κ3) is 6.00. The van der Waals surface area contributed by atoms with Crippen LogP contribution in [-0.2, 0) is 0 Å². The number of fused-ring (bicyclic) bond motifs is 4. The fraction of sp³-hybridized carbons (Fsp3) is 0. The zero-order valence-electron chi connectivity index (χ0n) is 32.3. The largest absolute Gasteiger partial charge is 0.313 e. The summed E-state index contributed by atoms with van der Waals surface area (Å²) in [5.74, 6) is 0. The van der Waals surface area contributed by atoms with Crippen LogP contribution in [0.2, 0.25) is 0 Å². The van der Waals surface area contributed by atoms with E-state index in [1.54, 1.807) is 6.07 Å². The highest BCUT2D eigenvalue weighted by molar-refractivity contribution is 7.02. The molecule has 3 nitrogen and oxygen atoms in total. The van der Waals surface area contributed by atoms with Gasteiger partial charge in [-0.1, -0.05) is 188 Å². The van der Waals surface area contributed by atoms with Gasteiger partial charge in [-0.3, -0.25) is 0 Å². The lowest BCUT2D eigenvalue weighted by atomic mass is 9.30. The third-order valence-electron chi connectivity index (χ3n) is 12.0. The quantitative estimate of drug-likeness (QED) is 0.153. The standard InChI is InChI=1S/C54H35B2N3/c1-3-36-15-19-38(20-16-36)41-25-27-52-48(30-41)55(46-11-7-5-8-12-46)50-32-44(40-23-24-43(34-57)45(29-40)35-58)33-51-54(50)59(52)53-28-26-42(39-21-17-37(4-2)18-22-39)31-49(53)56(51)47-13-9-6-10-14-47/h3-33H,1-2H2. The van der Waals surface area contributed by atoms with Gasteiger partial charge in [0.1, 0.15) is 12.1 Å². The van der Waals surface area contributed by atoms with Crippen molar-refractivity contribution in [2.45, 2.75) is 0 Å². The molecule has 0 fully saturated rings. The molecule has 59 heavy (non-hydrogen) atoms. The van der Waals surface area contributed by atoms with Gasteiger partial charge in [-0.15, -0.1) is 0 Å². The van der Waals surface area contributed by atoms with Crippen molar-refractivity contribution in [1.82, 2.24) is 0 Å². The lowest BCUT2D eigenvalue weighted by Crippen LogP contribution is -2.65. The topological polar surface area (TPSA) is 50.8 Å². The van der Waals surface area contributed by atoms with E-state index in [-0.39, 0.29) is 13.4 Å². The van der Waals surface area contributed by atoms with Crippen LogP contribution in [0.25, 0.3) is 45.5 Å². The van der Waals surface area contributed by atoms with Gasteiger partial charge >= 0.3 is 0 Å². The summed E-state index contributed by atoms with van der Waals surface area (Å²) < 4.78 is 0. The molecule has 5 heteroatoms. The molecule has 8 aromatic rings. The van der Waals surface area contributed by atoms with Gasteiger partial charge in [0.2, 0.25) is 13.4 Å². The molecular formula is C54H35B2N3. The first-order valence-corrected chi connectivity index (χ1v) is 19.8. The summed E-state index contributed by atoms with van der Waals surface area (Å²) in [6.45, 7) is 7.74. The Hall–Kier alpha value is -7.85. The van der Waals surface area contributed by atoms with Crippen molar-refractivity contribution in [2.75, 3.05) is 4.90 Å². The Morgan fingerprint density at radius 3 is 1.25 bits per heavy atom. The van der Waals surface area contributed by atoms with E-state index in [0.29, 0.717) is 11.1 Å². The average Bonchev–Trinajstić information content (AvgIpc) is 3.31. The first-order valence-electron chi connectivity index (χ1n) is 19.8.